The van der Waals surface area contributed by atoms with Crippen LogP contribution in [0, 0.1) is 12.8 Å². The molecule has 3 unspecified atom stereocenters. The van der Waals surface area contributed by atoms with E-state index in [-0.39, 0.29) is 35.7 Å². The molecule has 2 saturated heterocycles. The van der Waals surface area contributed by atoms with E-state index in [1.807, 2.05) is 62.9 Å². The molecule has 2 aromatic carbocycles. The van der Waals surface area contributed by atoms with Gasteiger partial charge in [-0.1, -0.05) is 36.4 Å². The Bertz CT molecular complexity index is 1120. The summed E-state index contributed by atoms with van der Waals surface area (Å²) in [7, 11) is 0. The van der Waals surface area contributed by atoms with Gasteiger partial charge in [0.2, 0.25) is 5.91 Å². The molecule has 0 radical (unpaired) electrons. The fourth-order valence-electron chi connectivity index (χ4n) is 5.52. The Morgan fingerprint density at radius 2 is 1.87 bits per heavy atom. The zero-order chi connectivity index (χ0) is 27.4. The molecular formula is C30H41N3O4S. The van der Waals surface area contributed by atoms with Crippen LogP contribution in [-0.4, -0.2) is 74.7 Å². The number of carbonyl (C=O) groups is 2. The molecule has 5 atom stereocenters. The van der Waals surface area contributed by atoms with Crippen LogP contribution in [0.5, 0.6) is 5.75 Å². The van der Waals surface area contributed by atoms with E-state index < -0.39 is 12.1 Å². The minimum Gasteiger partial charge on any atom is -0.508 e. The number of aliphatic hydroxyl groups excluding tert-OH is 1. The molecular weight excluding hydrogens is 498 g/mol. The van der Waals surface area contributed by atoms with E-state index in [0.717, 1.165) is 30.7 Å². The lowest BCUT2D eigenvalue weighted by Gasteiger charge is -2.43. The lowest BCUT2D eigenvalue weighted by Crippen LogP contribution is -2.60. The fraction of sp³-hybridized carbons (Fsp3) is 0.533. The number of hydrogen-bond acceptors (Lipinski definition) is 6. The normalized spacial score (nSPS) is 23.3. The summed E-state index contributed by atoms with van der Waals surface area (Å²) >= 11 is 1.96. The van der Waals surface area contributed by atoms with Crippen molar-refractivity contribution in [3.05, 3.63) is 65.2 Å². The molecule has 0 spiro atoms. The highest BCUT2D eigenvalue weighted by atomic mass is 32.2. The molecule has 4 rings (SSSR count). The highest BCUT2D eigenvalue weighted by Gasteiger charge is 2.43. The number of phenols is 1. The maximum atomic E-state index is 13.4. The Morgan fingerprint density at radius 1 is 1.13 bits per heavy atom. The van der Waals surface area contributed by atoms with Crippen molar-refractivity contribution in [1.29, 1.82) is 0 Å². The Morgan fingerprint density at radius 3 is 2.58 bits per heavy atom. The second-order valence-electron chi connectivity index (χ2n) is 11.7. The van der Waals surface area contributed by atoms with Gasteiger partial charge in [-0.05, 0) is 76.3 Å². The topological polar surface area (TPSA) is 102 Å². The number of nitrogens with zero attached hydrogens (tertiary/aromatic N) is 1. The van der Waals surface area contributed by atoms with Gasteiger partial charge in [0.15, 0.2) is 0 Å². The summed E-state index contributed by atoms with van der Waals surface area (Å²) in [5, 5.41) is 28.3. The molecule has 0 aromatic heterocycles. The van der Waals surface area contributed by atoms with Gasteiger partial charge in [-0.2, -0.15) is 11.8 Å². The first-order valence-electron chi connectivity index (χ1n) is 13.5. The van der Waals surface area contributed by atoms with Crippen molar-refractivity contribution < 1.29 is 19.8 Å². The maximum Gasteiger partial charge on any atom is 0.252 e. The van der Waals surface area contributed by atoms with Crippen LogP contribution in [0.15, 0.2) is 48.5 Å². The molecule has 38 heavy (non-hydrogen) atoms. The number of hydrogen-bond donors (Lipinski definition) is 4. The first-order valence-corrected chi connectivity index (χ1v) is 14.6. The standard InChI is InChI=1S/C30H41N3O4S/c1-19-22(11-8-12-25(19)34)28(36)31-23(15-20-9-6-5-7-10-20)26(35)18-33-17-21-13-14-38-27(21)16-24(33)29(37)32-30(2,3)4/h5-12,21,23-24,26-27,34-35H,13-18H2,1-4H3,(H,31,36)(H,32,37)/t21-,23?,24?,26?,27+/m1/s1. The quantitative estimate of drug-likeness (QED) is 0.410. The van der Waals surface area contributed by atoms with Crippen molar-refractivity contribution in [3.63, 3.8) is 0 Å². The van der Waals surface area contributed by atoms with E-state index in [2.05, 4.69) is 15.5 Å². The van der Waals surface area contributed by atoms with Crippen molar-refractivity contribution >= 4 is 23.6 Å². The zero-order valence-corrected chi connectivity index (χ0v) is 23.6. The van der Waals surface area contributed by atoms with E-state index in [9.17, 15) is 19.8 Å². The molecule has 2 amide bonds. The largest absolute Gasteiger partial charge is 0.508 e. The van der Waals surface area contributed by atoms with Crippen LogP contribution < -0.4 is 10.6 Å². The number of fused-ring (bicyclic) bond motifs is 1. The van der Waals surface area contributed by atoms with E-state index in [4.69, 9.17) is 0 Å². The molecule has 8 heteroatoms. The number of piperidine rings is 1. The number of rotatable bonds is 8. The van der Waals surface area contributed by atoms with Crippen LogP contribution >= 0.6 is 11.8 Å². The predicted octanol–water partition coefficient (Wildman–Crippen LogP) is 3.51. The van der Waals surface area contributed by atoms with Crippen LogP contribution in [0.25, 0.3) is 0 Å². The van der Waals surface area contributed by atoms with E-state index in [1.54, 1.807) is 25.1 Å². The smallest absolute Gasteiger partial charge is 0.252 e. The number of thioether (sulfide) groups is 1. The van der Waals surface area contributed by atoms with Gasteiger partial charge in [-0.25, -0.2) is 0 Å². The number of aliphatic hydroxyl groups is 1. The Balaban J connectivity index is 1.55. The molecule has 2 fully saturated rings. The average molecular weight is 540 g/mol. The third kappa shape index (κ3) is 7.10. The molecule has 2 aromatic rings. The van der Waals surface area contributed by atoms with Gasteiger partial charge in [0, 0.05) is 35.0 Å². The summed E-state index contributed by atoms with van der Waals surface area (Å²) < 4.78 is 0. The van der Waals surface area contributed by atoms with Gasteiger partial charge in [-0.15, -0.1) is 0 Å². The number of likely N-dealkylation sites (tertiary alicyclic amines) is 1. The third-order valence-electron chi connectivity index (χ3n) is 7.56. The molecule has 7 nitrogen and oxygen atoms in total. The van der Waals surface area contributed by atoms with Gasteiger partial charge < -0.3 is 20.8 Å². The van der Waals surface area contributed by atoms with Gasteiger partial charge in [-0.3, -0.25) is 14.5 Å². The molecule has 0 aliphatic carbocycles. The second-order valence-corrected chi connectivity index (χ2v) is 13.0. The predicted molar refractivity (Wildman–Crippen MR) is 152 cm³/mol. The van der Waals surface area contributed by atoms with Crippen LogP contribution in [0.3, 0.4) is 0 Å². The molecule has 4 N–H and O–H groups in total. The number of aromatic hydroxyl groups is 1. The van der Waals surface area contributed by atoms with Crippen LogP contribution in [0.4, 0.5) is 0 Å². The van der Waals surface area contributed by atoms with Gasteiger partial charge in [0.1, 0.15) is 5.75 Å². The molecule has 2 aliphatic heterocycles. The molecule has 0 saturated carbocycles. The summed E-state index contributed by atoms with van der Waals surface area (Å²) in [6.07, 6.45) is 1.44. The SMILES string of the molecule is Cc1c(O)cccc1C(=O)NC(Cc1ccccc1)C(O)CN1C[C@H]2CCS[C@H]2CC1C(=O)NC(C)(C)C. The minimum absolute atomic E-state index is 0.00493. The number of benzene rings is 2. The van der Waals surface area contributed by atoms with Crippen molar-refractivity contribution in [3.8, 4) is 5.75 Å². The number of nitrogens with one attached hydrogen (secondary N) is 2. The Kier molecular flexibility index (Phi) is 9.06. The van der Waals surface area contributed by atoms with Gasteiger partial charge in [0.05, 0.1) is 18.2 Å². The van der Waals surface area contributed by atoms with E-state index in [0.29, 0.717) is 28.7 Å². The summed E-state index contributed by atoms with van der Waals surface area (Å²) in [6, 6.07) is 13.7. The molecule has 206 valence electrons. The number of phenolic OH excluding ortho intramolecular Hbond substituents is 1. The van der Waals surface area contributed by atoms with Crippen molar-refractivity contribution in [1.82, 2.24) is 15.5 Å². The van der Waals surface area contributed by atoms with Crippen LogP contribution in [0.1, 0.15) is 55.1 Å². The molecule has 2 heterocycles. The zero-order valence-electron chi connectivity index (χ0n) is 22.8. The summed E-state index contributed by atoms with van der Waals surface area (Å²) in [4.78, 5) is 28.8. The first kappa shape index (κ1) is 28.5. The maximum absolute atomic E-state index is 13.4. The van der Waals surface area contributed by atoms with Gasteiger partial charge in [0.25, 0.3) is 5.91 Å². The highest BCUT2D eigenvalue weighted by Crippen LogP contribution is 2.40. The summed E-state index contributed by atoms with van der Waals surface area (Å²) in [6.45, 7) is 8.69. The second kappa shape index (κ2) is 12.1. The summed E-state index contributed by atoms with van der Waals surface area (Å²) in [5.74, 6) is 1.32. The molecule has 0 bridgehead atoms. The monoisotopic (exact) mass is 539 g/mol. The number of β-amino-alcohol motifs (C(OH)–C–C–N with tert-alkyl or cyclic N) is 1. The van der Waals surface area contributed by atoms with Gasteiger partial charge >= 0.3 is 0 Å². The number of amides is 2. The third-order valence-corrected chi connectivity index (χ3v) is 9.04. The first-order chi connectivity index (χ1) is 18.0. The minimum atomic E-state index is -0.896. The van der Waals surface area contributed by atoms with Crippen LogP contribution in [-0.2, 0) is 11.2 Å². The average Bonchev–Trinajstić information content (AvgIpc) is 3.31. The number of carbonyl (C=O) groups excluding carboxylic acids is 2. The van der Waals surface area contributed by atoms with Crippen LogP contribution in [0.2, 0.25) is 0 Å². The highest BCUT2D eigenvalue weighted by molar-refractivity contribution is 8.00. The van der Waals surface area contributed by atoms with E-state index in [1.165, 1.54) is 0 Å². The van der Waals surface area contributed by atoms with Crippen molar-refractivity contribution in [2.45, 2.75) is 75.9 Å². The Labute approximate surface area is 230 Å². The van der Waals surface area contributed by atoms with Crippen molar-refractivity contribution in [2.75, 3.05) is 18.8 Å². The Hall–Kier alpha value is -2.55. The van der Waals surface area contributed by atoms with Crippen molar-refractivity contribution in [2.24, 2.45) is 5.92 Å². The lowest BCUT2D eigenvalue weighted by molar-refractivity contribution is -0.130. The summed E-state index contributed by atoms with van der Waals surface area (Å²) in [5.41, 5.74) is 1.53. The fourth-order valence-corrected chi connectivity index (χ4v) is 7.08. The lowest BCUT2D eigenvalue weighted by atomic mass is 9.89. The van der Waals surface area contributed by atoms with E-state index >= 15 is 0 Å². The molecule has 2 aliphatic rings.